The molecule has 2 unspecified atom stereocenters. The summed E-state index contributed by atoms with van der Waals surface area (Å²) in [6, 6.07) is 1.67. The highest BCUT2D eigenvalue weighted by atomic mass is 79.9. The second-order valence-electron chi connectivity index (χ2n) is 3.83. The van der Waals surface area contributed by atoms with E-state index in [1.807, 2.05) is 19.9 Å². The number of hydrazine groups is 1. The highest BCUT2D eigenvalue weighted by Crippen LogP contribution is 2.35. The molecular weight excluding hydrogens is 272 g/mol. The molecule has 0 aromatic carbocycles. The molecule has 0 saturated carbocycles. The van der Waals surface area contributed by atoms with E-state index in [9.17, 15) is 0 Å². The van der Waals surface area contributed by atoms with Gasteiger partial charge in [0.1, 0.15) is 11.8 Å². The summed E-state index contributed by atoms with van der Waals surface area (Å²) in [5, 5.41) is 0. The number of hydrogen-bond acceptors (Lipinski definition) is 4. The Morgan fingerprint density at radius 3 is 2.69 bits per heavy atom. The standard InChI is InChI=1S/C11H19BrN2O2/c1-4-11(3,16-5-2)10(14-13)9-8(12)6-7-15-9/h6-7,10,14H,4-5,13H2,1-3H3. The van der Waals surface area contributed by atoms with E-state index in [0.717, 1.165) is 16.7 Å². The average Bonchev–Trinajstić information content (AvgIpc) is 2.66. The monoisotopic (exact) mass is 290 g/mol. The van der Waals surface area contributed by atoms with Gasteiger partial charge in [0.2, 0.25) is 0 Å². The molecule has 0 saturated heterocycles. The number of rotatable bonds is 6. The molecule has 2 atom stereocenters. The summed E-state index contributed by atoms with van der Waals surface area (Å²) >= 11 is 3.44. The van der Waals surface area contributed by atoms with Gasteiger partial charge in [-0.2, -0.15) is 0 Å². The maximum Gasteiger partial charge on any atom is 0.139 e. The van der Waals surface area contributed by atoms with E-state index < -0.39 is 0 Å². The molecule has 16 heavy (non-hydrogen) atoms. The van der Waals surface area contributed by atoms with Crippen molar-refractivity contribution in [3.8, 4) is 0 Å². The molecule has 0 aliphatic heterocycles. The van der Waals surface area contributed by atoms with E-state index in [1.165, 1.54) is 0 Å². The van der Waals surface area contributed by atoms with E-state index in [1.54, 1.807) is 6.26 Å². The van der Waals surface area contributed by atoms with Crippen molar-refractivity contribution in [3.05, 3.63) is 22.6 Å². The van der Waals surface area contributed by atoms with Crippen molar-refractivity contribution < 1.29 is 9.15 Å². The zero-order valence-corrected chi connectivity index (χ0v) is 11.5. The molecule has 1 aromatic heterocycles. The normalized spacial score (nSPS) is 17.1. The molecule has 0 spiro atoms. The van der Waals surface area contributed by atoms with Crippen LogP contribution in [-0.4, -0.2) is 12.2 Å². The third-order valence-electron chi connectivity index (χ3n) is 2.86. The Hall–Kier alpha value is -0.360. The maximum absolute atomic E-state index is 5.79. The molecule has 1 rings (SSSR count). The summed E-state index contributed by atoms with van der Waals surface area (Å²) in [4.78, 5) is 0. The lowest BCUT2D eigenvalue weighted by Gasteiger charge is -2.35. The van der Waals surface area contributed by atoms with Crippen molar-refractivity contribution in [2.24, 2.45) is 5.84 Å². The van der Waals surface area contributed by atoms with E-state index in [2.05, 4.69) is 28.3 Å². The van der Waals surface area contributed by atoms with Gasteiger partial charge in [0.05, 0.1) is 16.3 Å². The van der Waals surface area contributed by atoms with Gasteiger partial charge in [-0.15, -0.1) is 0 Å². The quantitative estimate of drug-likeness (QED) is 0.625. The molecule has 5 heteroatoms. The number of halogens is 1. The summed E-state index contributed by atoms with van der Waals surface area (Å²) in [6.45, 7) is 6.70. The minimum atomic E-state index is -0.385. The summed E-state index contributed by atoms with van der Waals surface area (Å²) in [5.74, 6) is 6.38. The van der Waals surface area contributed by atoms with Crippen LogP contribution < -0.4 is 11.3 Å². The van der Waals surface area contributed by atoms with Crippen molar-refractivity contribution in [3.63, 3.8) is 0 Å². The lowest BCUT2D eigenvalue weighted by molar-refractivity contribution is -0.0611. The van der Waals surface area contributed by atoms with Gasteiger partial charge >= 0.3 is 0 Å². The first-order chi connectivity index (χ1) is 7.59. The Morgan fingerprint density at radius 2 is 2.31 bits per heavy atom. The SMILES string of the molecule is CCOC(C)(CC)C(NN)c1occc1Br. The molecule has 0 bridgehead atoms. The first kappa shape index (κ1) is 13.7. The first-order valence-electron chi connectivity index (χ1n) is 5.42. The third kappa shape index (κ3) is 2.66. The molecule has 1 heterocycles. The van der Waals surface area contributed by atoms with Gasteiger partial charge in [0, 0.05) is 6.61 Å². The Kier molecular flexibility index (Phi) is 4.98. The van der Waals surface area contributed by atoms with Crippen molar-refractivity contribution >= 4 is 15.9 Å². The second-order valence-corrected chi connectivity index (χ2v) is 4.69. The molecular formula is C11H19BrN2O2. The Labute approximate surface area is 105 Å². The van der Waals surface area contributed by atoms with Gasteiger partial charge in [-0.05, 0) is 42.3 Å². The predicted molar refractivity (Wildman–Crippen MR) is 66.8 cm³/mol. The minimum Gasteiger partial charge on any atom is -0.466 e. The van der Waals surface area contributed by atoms with E-state index in [-0.39, 0.29) is 11.6 Å². The molecule has 3 N–H and O–H groups in total. The van der Waals surface area contributed by atoms with Gasteiger partial charge in [-0.25, -0.2) is 5.43 Å². The Bertz CT molecular complexity index is 330. The van der Waals surface area contributed by atoms with Crippen LogP contribution in [0.25, 0.3) is 0 Å². The molecule has 0 radical (unpaired) electrons. The van der Waals surface area contributed by atoms with Gasteiger partial charge in [-0.3, -0.25) is 5.84 Å². The number of nitrogens with two attached hydrogens (primary N) is 1. The lowest BCUT2D eigenvalue weighted by Crippen LogP contribution is -2.46. The van der Waals surface area contributed by atoms with Crippen molar-refractivity contribution in [1.29, 1.82) is 0 Å². The number of furan rings is 1. The summed E-state index contributed by atoms with van der Waals surface area (Å²) < 4.78 is 12.1. The Morgan fingerprint density at radius 1 is 1.62 bits per heavy atom. The lowest BCUT2D eigenvalue weighted by atomic mass is 9.91. The van der Waals surface area contributed by atoms with Crippen molar-refractivity contribution in [2.45, 2.75) is 38.8 Å². The molecule has 0 aliphatic rings. The molecule has 1 aromatic rings. The fraction of sp³-hybridized carbons (Fsp3) is 0.636. The van der Waals surface area contributed by atoms with Crippen LogP contribution >= 0.6 is 15.9 Å². The number of nitrogens with one attached hydrogen (secondary N) is 1. The van der Waals surface area contributed by atoms with Crippen LogP contribution in [0.2, 0.25) is 0 Å². The predicted octanol–water partition coefficient (Wildman–Crippen LogP) is 2.75. The van der Waals surface area contributed by atoms with Crippen LogP contribution in [0.5, 0.6) is 0 Å². The fourth-order valence-electron chi connectivity index (χ4n) is 1.76. The molecule has 4 nitrogen and oxygen atoms in total. The first-order valence-corrected chi connectivity index (χ1v) is 6.21. The third-order valence-corrected chi connectivity index (χ3v) is 3.52. The van der Waals surface area contributed by atoms with Crippen molar-refractivity contribution in [1.82, 2.24) is 5.43 Å². The molecule has 0 fully saturated rings. The average molecular weight is 291 g/mol. The van der Waals surface area contributed by atoms with Gasteiger partial charge in [-0.1, -0.05) is 6.92 Å². The molecule has 0 amide bonds. The van der Waals surface area contributed by atoms with Crippen LogP contribution in [0, 0.1) is 0 Å². The van der Waals surface area contributed by atoms with E-state index >= 15 is 0 Å². The van der Waals surface area contributed by atoms with Gasteiger partial charge in [0.25, 0.3) is 0 Å². The van der Waals surface area contributed by atoms with Crippen LogP contribution in [0.4, 0.5) is 0 Å². The van der Waals surface area contributed by atoms with Gasteiger partial charge in [0.15, 0.2) is 0 Å². The van der Waals surface area contributed by atoms with Gasteiger partial charge < -0.3 is 9.15 Å². The van der Waals surface area contributed by atoms with Crippen LogP contribution in [0.3, 0.4) is 0 Å². The number of ether oxygens (including phenoxy) is 1. The van der Waals surface area contributed by atoms with E-state index in [0.29, 0.717) is 6.61 Å². The van der Waals surface area contributed by atoms with Crippen LogP contribution in [0.1, 0.15) is 39.0 Å². The highest BCUT2D eigenvalue weighted by Gasteiger charge is 2.37. The molecule has 0 aliphatic carbocycles. The molecule has 92 valence electrons. The zero-order valence-electron chi connectivity index (χ0n) is 9.92. The topological polar surface area (TPSA) is 60.4 Å². The maximum atomic E-state index is 5.79. The smallest absolute Gasteiger partial charge is 0.139 e. The highest BCUT2D eigenvalue weighted by molar-refractivity contribution is 9.10. The van der Waals surface area contributed by atoms with Crippen LogP contribution in [0.15, 0.2) is 21.2 Å². The minimum absolute atomic E-state index is 0.179. The zero-order chi connectivity index (χ0) is 12.2. The van der Waals surface area contributed by atoms with Crippen molar-refractivity contribution in [2.75, 3.05) is 6.61 Å². The summed E-state index contributed by atoms with van der Waals surface area (Å²) in [6.07, 6.45) is 2.47. The largest absolute Gasteiger partial charge is 0.466 e. The Balaban J connectivity index is 3.00. The fourth-order valence-corrected chi connectivity index (χ4v) is 2.19. The second kappa shape index (κ2) is 5.82. The van der Waals surface area contributed by atoms with Crippen LogP contribution in [-0.2, 0) is 4.74 Å². The summed E-state index contributed by atoms with van der Waals surface area (Å²) in [5.41, 5.74) is 2.39. The number of hydrogen-bond donors (Lipinski definition) is 2. The summed E-state index contributed by atoms with van der Waals surface area (Å²) in [7, 11) is 0. The van der Waals surface area contributed by atoms with E-state index in [4.69, 9.17) is 15.0 Å².